The van der Waals surface area contributed by atoms with Crippen LogP contribution in [0, 0.1) is 0 Å². The topological polar surface area (TPSA) is 35.5 Å². The van der Waals surface area contributed by atoms with Gasteiger partial charge in [0.1, 0.15) is 0 Å². The van der Waals surface area contributed by atoms with Crippen molar-refractivity contribution in [3.63, 3.8) is 0 Å². The Morgan fingerprint density at radius 3 is 1.06 bits per heavy atom. The summed E-state index contributed by atoms with van der Waals surface area (Å²) in [5, 5.41) is 0. The van der Waals surface area contributed by atoms with E-state index in [4.69, 9.17) is 0 Å². The number of rotatable bonds is 2. The van der Waals surface area contributed by atoms with Crippen LogP contribution < -0.4 is 0 Å². The first-order valence-corrected chi connectivity index (χ1v) is 4.42. The van der Waals surface area contributed by atoms with Gasteiger partial charge in [0.2, 0.25) is 0 Å². The first kappa shape index (κ1) is 15.5. The zero-order chi connectivity index (χ0) is 13.4. The van der Waals surface area contributed by atoms with Gasteiger partial charge in [-0.1, -0.05) is 0 Å². The SMILES string of the molecule is O=P(OC(F)(F)F)(OC(F)(F)F)C(F)(F)F. The zero-order valence-corrected chi connectivity index (χ0v) is 7.47. The molecule has 0 fully saturated rings. The van der Waals surface area contributed by atoms with Crippen molar-refractivity contribution in [3.05, 3.63) is 0 Å². The van der Waals surface area contributed by atoms with E-state index in [2.05, 4.69) is 0 Å². The van der Waals surface area contributed by atoms with E-state index in [1.807, 2.05) is 9.05 Å². The van der Waals surface area contributed by atoms with Gasteiger partial charge in [-0.3, -0.25) is 0 Å². The fraction of sp³-hybridized carbons (Fsp3) is 1.00. The second kappa shape index (κ2) is 4.08. The summed E-state index contributed by atoms with van der Waals surface area (Å²) in [7, 11) is -7.40. The van der Waals surface area contributed by atoms with Crippen LogP contribution in [-0.4, -0.2) is 18.6 Å². The molecule has 0 bridgehead atoms. The smallest absolute Gasteiger partial charge is 0.249 e. The van der Waals surface area contributed by atoms with Crippen molar-refractivity contribution in [1.82, 2.24) is 0 Å². The van der Waals surface area contributed by atoms with Crippen LogP contribution in [0.4, 0.5) is 39.5 Å². The van der Waals surface area contributed by atoms with Gasteiger partial charge in [-0.25, -0.2) is 13.6 Å². The minimum atomic E-state index is -7.40. The van der Waals surface area contributed by atoms with E-state index in [9.17, 15) is 44.1 Å². The van der Waals surface area contributed by atoms with Gasteiger partial charge in [0, 0.05) is 0 Å². The second-order valence-corrected chi connectivity index (χ2v) is 3.91. The molecule has 0 spiro atoms. The molecule has 0 aliphatic rings. The highest BCUT2D eigenvalue weighted by Gasteiger charge is 2.64. The third-order valence-corrected chi connectivity index (χ3v) is 2.27. The van der Waals surface area contributed by atoms with E-state index < -0.39 is 26.2 Å². The largest absolute Gasteiger partial charge is 0.529 e. The molecule has 13 heteroatoms. The number of hydrogen-bond donors (Lipinski definition) is 0. The Morgan fingerprint density at radius 2 is 0.938 bits per heavy atom. The molecule has 0 rings (SSSR count). The fourth-order valence-corrected chi connectivity index (χ4v) is 1.18. The van der Waals surface area contributed by atoms with Gasteiger partial charge in [0.25, 0.3) is 0 Å². The van der Waals surface area contributed by atoms with Crippen LogP contribution in [0.2, 0.25) is 0 Å². The Kier molecular flexibility index (Phi) is 3.95. The highest BCUT2D eigenvalue weighted by atomic mass is 31.2. The lowest BCUT2D eigenvalue weighted by Gasteiger charge is -2.21. The monoisotopic (exact) mass is 286 g/mol. The summed E-state index contributed by atoms with van der Waals surface area (Å²) in [6.45, 7) is 0. The Morgan fingerprint density at radius 1 is 0.688 bits per heavy atom. The molecule has 0 aliphatic heterocycles. The minimum absolute atomic E-state index is 1.85. The van der Waals surface area contributed by atoms with Crippen molar-refractivity contribution < 1.29 is 53.1 Å². The van der Waals surface area contributed by atoms with Gasteiger partial charge in [-0.15, -0.1) is 26.3 Å². The van der Waals surface area contributed by atoms with E-state index >= 15 is 0 Å². The normalized spacial score (nSPS) is 15.3. The lowest BCUT2D eigenvalue weighted by atomic mass is 11.4. The van der Waals surface area contributed by atoms with Gasteiger partial charge in [0.15, 0.2) is 0 Å². The van der Waals surface area contributed by atoms with Crippen LogP contribution in [0.15, 0.2) is 0 Å². The molecule has 0 aromatic heterocycles. The standard InChI is InChI=1S/C3F9O3P/c4-1(5,6)14-16(13,3(10,11)12)15-2(7,8)9. The van der Waals surface area contributed by atoms with Crippen LogP contribution in [0.25, 0.3) is 0 Å². The maximum atomic E-state index is 11.7. The van der Waals surface area contributed by atoms with Crippen LogP contribution in [-0.2, 0) is 13.6 Å². The Balaban J connectivity index is 5.16. The van der Waals surface area contributed by atoms with E-state index in [1.54, 1.807) is 0 Å². The average Bonchev–Trinajstić information content (AvgIpc) is 1.72. The lowest BCUT2D eigenvalue weighted by molar-refractivity contribution is -0.317. The molecule has 0 saturated heterocycles. The predicted molar refractivity (Wildman–Crippen MR) is 27.9 cm³/mol. The third-order valence-electron chi connectivity index (χ3n) is 0.758. The second-order valence-electron chi connectivity index (χ2n) is 2.04. The van der Waals surface area contributed by atoms with Gasteiger partial charge >= 0.3 is 26.2 Å². The van der Waals surface area contributed by atoms with E-state index in [-0.39, 0.29) is 0 Å². The van der Waals surface area contributed by atoms with Crippen LogP contribution in [0.1, 0.15) is 0 Å². The maximum absolute atomic E-state index is 11.7. The Bertz CT molecular complexity index is 266. The maximum Gasteiger partial charge on any atom is 0.529 e. The van der Waals surface area contributed by atoms with Gasteiger partial charge in [-0.05, 0) is 0 Å². The molecule has 98 valence electrons. The minimum Gasteiger partial charge on any atom is -0.249 e. The first-order chi connectivity index (χ1) is 6.66. The Hall–Kier alpha value is -0.480. The number of hydrogen-bond acceptors (Lipinski definition) is 3. The van der Waals surface area contributed by atoms with Gasteiger partial charge in [-0.2, -0.15) is 13.2 Å². The van der Waals surface area contributed by atoms with E-state index in [0.717, 1.165) is 0 Å². The number of alkyl halides is 9. The molecular weight excluding hydrogens is 286 g/mol. The first-order valence-electron chi connectivity index (χ1n) is 2.88. The molecule has 0 atom stereocenters. The summed E-state index contributed by atoms with van der Waals surface area (Å²) >= 11 is 0. The highest BCUT2D eigenvalue weighted by molar-refractivity contribution is 7.54. The summed E-state index contributed by atoms with van der Waals surface area (Å²) in [4.78, 5) is 0. The van der Waals surface area contributed by atoms with Crippen molar-refractivity contribution in [2.45, 2.75) is 18.6 Å². The van der Waals surface area contributed by atoms with Crippen molar-refractivity contribution in [3.8, 4) is 0 Å². The zero-order valence-electron chi connectivity index (χ0n) is 6.57. The third kappa shape index (κ3) is 5.03. The summed E-state index contributed by atoms with van der Waals surface area (Å²) < 4.78 is 117. The molecule has 16 heavy (non-hydrogen) atoms. The van der Waals surface area contributed by atoms with E-state index in [1.165, 1.54) is 0 Å². The molecule has 0 aromatic carbocycles. The molecule has 0 unspecified atom stereocenters. The molecular formula is C3F9O3P. The molecule has 0 radical (unpaired) electrons. The summed E-state index contributed by atoms with van der Waals surface area (Å²) in [6, 6.07) is 0. The summed E-state index contributed by atoms with van der Waals surface area (Å²) in [5.41, 5.74) is 0. The molecule has 0 heterocycles. The Labute approximate surface area is 80.6 Å². The van der Waals surface area contributed by atoms with E-state index in [0.29, 0.717) is 0 Å². The van der Waals surface area contributed by atoms with Crippen LogP contribution in [0.3, 0.4) is 0 Å². The van der Waals surface area contributed by atoms with Crippen molar-refractivity contribution in [1.29, 1.82) is 0 Å². The lowest BCUT2D eigenvalue weighted by Crippen LogP contribution is -2.25. The fourth-order valence-electron chi connectivity index (χ4n) is 0.395. The van der Waals surface area contributed by atoms with Crippen LogP contribution in [0.5, 0.6) is 0 Å². The predicted octanol–water partition coefficient (Wildman–Crippen LogP) is 3.77. The number of halogens is 9. The molecule has 3 nitrogen and oxygen atoms in total. The molecule has 0 N–H and O–H groups in total. The van der Waals surface area contributed by atoms with Gasteiger partial charge in [0.05, 0.1) is 0 Å². The highest BCUT2D eigenvalue weighted by Crippen LogP contribution is 2.67. The molecule has 0 saturated carbocycles. The molecule has 0 amide bonds. The average molecular weight is 286 g/mol. The van der Waals surface area contributed by atoms with Crippen molar-refractivity contribution in [2.24, 2.45) is 0 Å². The molecule has 0 aromatic rings. The van der Waals surface area contributed by atoms with Crippen molar-refractivity contribution in [2.75, 3.05) is 0 Å². The van der Waals surface area contributed by atoms with Crippen LogP contribution >= 0.6 is 7.60 Å². The quantitative estimate of drug-likeness (QED) is 0.572. The molecule has 0 aliphatic carbocycles. The van der Waals surface area contributed by atoms with Crippen molar-refractivity contribution >= 4 is 7.60 Å². The summed E-state index contributed by atoms with van der Waals surface area (Å²) in [6.07, 6.45) is -12.4. The summed E-state index contributed by atoms with van der Waals surface area (Å²) in [5.74, 6) is -6.46. The van der Waals surface area contributed by atoms with Gasteiger partial charge < -0.3 is 0 Å².